The molecule has 7 heteroatoms. The van der Waals surface area contributed by atoms with Gasteiger partial charge in [0.25, 0.3) is 0 Å². The van der Waals surface area contributed by atoms with Crippen LogP contribution in [0.5, 0.6) is 0 Å². The summed E-state index contributed by atoms with van der Waals surface area (Å²) < 4.78 is 2.05. The van der Waals surface area contributed by atoms with E-state index in [-0.39, 0.29) is 11.9 Å². The molecule has 96 valence electrons. The Balaban J connectivity index is 1.82. The van der Waals surface area contributed by atoms with Crippen molar-refractivity contribution in [2.75, 3.05) is 11.5 Å². The number of hydrogen-bond donors (Lipinski definition) is 2. The molecule has 0 radical (unpaired) electrons. The highest BCUT2D eigenvalue weighted by atomic mass is 15.1. The number of imidazole rings is 1. The molecular formula is C12H13N7. The second kappa shape index (κ2) is 4.52. The average molecular weight is 255 g/mol. The number of para-hydroxylation sites is 2. The summed E-state index contributed by atoms with van der Waals surface area (Å²) in [5.41, 5.74) is 13.1. The molecule has 2 heterocycles. The van der Waals surface area contributed by atoms with Crippen molar-refractivity contribution in [3.63, 3.8) is 0 Å². The molecule has 2 aromatic heterocycles. The van der Waals surface area contributed by atoms with E-state index >= 15 is 0 Å². The van der Waals surface area contributed by atoms with Crippen LogP contribution in [-0.2, 0) is 13.0 Å². The smallest absolute Gasteiger partial charge is 0.225 e. The Morgan fingerprint density at radius 3 is 2.53 bits per heavy atom. The molecule has 19 heavy (non-hydrogen) atoms. The fraction of sp³-hybridized carbons (Fsp3) is 0.167. The minimum absolute atomic E-state index is 0.151. The lowest BCUT2D eigenvalue weighted by molar-refractivity contribution is 0.686. The first-order chi connectivity index (χ1) is 9.22. The lowest BCUT2D eigenvalue weighted by atomic mass is 10.3. The van der Waals surface area contributed by atoms with Crippen LogP contribution in [0.4, 0.5) is 11.9 Å². The van der Waals surface area contributed by atoms with E-state index in [2.05, 4.69) is 19.9 Å². The first kappa shape index (κ1) is 11.4. The minimum Gasteiger partial charge on any atom is -0.368 e. The van der Waals surface area contributed by atoms with Gasteiger partial charge in [0.2, 0.25) is 11.9 Å². The Kier molecular flexibility index (Phi) is 2.71. The topological polar surface area (TPSA) is 109 Å². The number of aromatic nitrogens is 5. The van der Waals surface area contributed by atoms with Gasteiger partial charge in [-0.05, 0) is 12.1 Å². The summed E-state index contributed by atoms with van der Waals surface area (Å²) in [6.07, 6.45) is 2.43. The third kappa shape index (κ3) is 2.30. The molecular weight excluding hydrogens is 242 g/mol. The van der Waals surface area contributed by atoms with E-state index in [1.807, 2.05) is 28.8 Å². The lowest BCUT2D eigenvalue weighted by Crippen LogP contribution is -2.09. The van der Waals surface area contributed by atoms with Crippen LogP contribution in [0.2, 0.25) is 0 Å². The van der Waals surface area contributed by atoms with Gasteiger partial charge in [-0.3, -0.25) is 0 Å². The molecule has 0 unspecified atom stereocenters. The molecule has 4 N–H and O–H groups in total. The number of rotatable bonds is 3. The fourth-order valence-electron chi connectivity index (χ4n) is 1.98. The highest BCUT2D eigenvalue weighted by Gasteiger charge is 2.05. The monoisotopic (exact) mass is 255 g/mol. The van der Waals surface area contributed by atoms with Crippen LogP contribution in [0.3, 0.4) is 0 Å². The van der Waals surface area contributed by atoms with Gasteiger partial charge in [-0.25, -0.2) is 4.98 Å². The Hall–Kier alpha value is -2.70. The molecule has 0 bridgehead atoms. The van der Waals surface area contributed by atoms with Crippen LogP contribution < -0.4 is 11.5 Å². The highest BCUT2D eigenvalue weighted by Crippen LogP contribution is 2.12. The predicted octanol–water partition coefficient (Wildman–Crippen LogP) is 0.628. The fourth-order valence-corrected chi connectivity index (χ4v) is 1.98. The molecule has 0 aliphatic rings. The van der Waals surface area contributed by atoms with Crippen molar-refractivity contribution in [2.24, 2.45) is 0 Å². The van der Waals surface area contributed by atoms with Crippen molar-refractivity contribution in [1.82, 2.24) is 24.5 Å². The van der Waals surface area contributed by atoms with Crippen LogP contribution in [0.25, 0.3) is 11.0 Å². The minimum atomic E-state index is 0.151. The van der Waals surface area contributed by atoms with E-state index in [9.17, 15) is 0 Å². The number of anilines is 2. The Labute approximate surface area is 109 Å². The normalized spacial score (nSPS) is 10.9. The van der Waals surface area contributed by atoms with Gasteiger partial charge >= 0.3 is 0 Å². The molecule has 0 fully saturated rings. The zero-order valence-corrected chi connectivity index (χ0v) is 10.2. The molecule has 1 aromatic carbocycles. The standard InChI is InChI=1S/C12H13N7/c13-11-16-10(17-12(14)18-11)5-6-19-7-15-8-3-1-2-4-9(8)19/h1-4,7H,5-6H2,(H4,13,14,16,17,18). The maximum atomic E-state index is 5.54. The van der Waals surface area contributed by atoms with Crippen LogP contribution in [0.1, 0.15) is 5.82 Å². The van der Waals surface area contributed by atoms with Crippen molar-refractivity contribution in [3.8, 4) is 0 Å². The first-order valence-corrected chi connectivity index (χ1v) is 5.88. The van der Waals surface area contributed by atoms with Crippen molar-refractivity contribution < 1.29 is 0 Å². The molecule has 0 amide bonds. The average Bonchev–Trinajstić information content (AvgIpc) is 2.78. The number of fused-ring (bicyclic) bond motifs is 1. The number of nitrogen functional groups attached to an aromatic ring is 2. The molecule has 7 nitrogen and oxygen atoms in total. The van der Waals surface area contributed by atoms with E-state index in [1.165, 1.54) is 0 Å². The number of hydrogen-bond acceptors (Lipinski definition) is 6. The van der Waals surface area contributed by atoms with Gasteiger partial charge < -0.3 is 16.0 Å². The Morgan fingerprint density at radius 1 is 1.00 bits per heavy atom. The maximum absolute atomic E-state index is 5.54. The van der Waals surface area contributed by atoms with Gasteiger partial charge in [0.1, 0.15) is 5.82 Å². The van der Waals surface area contributed by atoms with Crippen molar-refractivity contribution in [3.05, 3.63) is 36.4 Å². The Morgan fingerprint density at radius 2 is 1.74 bits per heavy atom. The maximum Gasteiger partial charge on any atom is 0.225 e. The Bertz CT molecular complexity index is 699. The van der Waals surface area contributed by atoms with Crippen LogP contribution in [-0.4, -0.2) is 24.5 Å². The summed E-state index contributed by atoms with van der Waals surface area (Å²) >= 11 is 0. The summed E-state index contributed by atoms with van der Waals surface area (Å²) in [5, 5.41) is 0. The summed E-state index contributed by atoms with van der Waals surface area (Å²) in [4.78, 5) is 16.2. The van der Waals surface area contributed by atoms with E-state index in [4.69, 9.17) is 11.5 Å². The van der Waals surface area contributed by atoms with Gasteiger partial charge in [-0.15, -0.1) is 0 Å². The summed E-state index contributed by atoms with van der Waals surface area (Å²) in [7, 11) is 0. The van der Waals surface area contributed by atoms with Gasteiger partial charge in [0.15, 0.2) is 0 Å². The van der Waals surface area contributed by atoms with E-state index in [0.29, 0.717) is 18.8 Å². The van der Waals surface area contributed by atoms with Gasteiger partial charge in [0.05, 0.1) is 17.4 Å². The third-order valence-corrected chi connectivity index (χ3v) is 2.82. The molecule has 3 rings (SSSR count). The molecule has 3 aromatic rings. The molecule has 0 saturated heterocycles. The SMILES string of the molecule is Nc1nc(N)nc(CCn2cnc3ccccc32)n1. The molecule has 0 atom stereocenters. The molecule has 0 saturated carbocycles. The zero-order chi connectivity index (χ0) is 13.2. The predicted molar refractivity (Wildman–Crippen MR) is 72.1 cm³/mol. The van der Waals surface area contributed by atoms with Crippen LogP contribution >= 0.6 is 0 Å². The second-order valence-corrected chi connectivity index (χ2v) is 4.14. The lowest BCUT2D eigenvalue weighted by Gasteiger charge is -2.04. The largest absolute Gasteiger partial charge is 0.368 e. The zero-order valence-electron chi connectivity index (χ0n) is 10.2. The second-order valence-electron chi connectivity index (χ2n) is 4.14. The van der Waals surface area contributed by atoms with Gasteiger partial charge in [0, 0.05) is 13.0 Å². The summed E-state index contributed by atoms with van der Waals surface area (Å²) in [6.45, 7) is 0.712. The number of benzene rings is 1. The van der Waals surface area contributed by atoms with E-state index in [1.54, 1.807) is 6.33 Å². The van der Waals surface area contributed by atoms with Crippen LogP contribution in [0.15, 0.2) is 30.6 Å². The quantitative estimate of drug-likeness (QED) is 0.710. The molecule has 0 aliphatic carbocycles. The number of aryl methyl sites for hydroxylation is 2. The first-order valence-electron chi connectivity index (χ1n) is 5.88. The van der Waals surface area contributed by atoms with Gasteiger partial charge in [-0.1, -0.05) is 12.1 Å². The van der Waals surface area contributed by atoms with Crippen molar-refractivity contribution in [1.29, 1.82) is 0 Å². The summed E-state index contributed by atoms with van der Waals surface area (Å²) in [6, 6.07) is 7.95. The number of nitrogens with two attached hydrogens (primary N) is 2. The molecule has 0 spiro atoms. The highest BCUT2D eigenvalue weighted by molar-refractivity contribution is 5.74. The van der Waals surface area contributed by atoms with Crippen molar-refractivity contribution >= 4 is 22.9 Å². The van der Waals surface area contributed by atoms with E-state index in [0.717, 1.165) is 11.0 Å². The van der Waals surface area contributed by atoms with Crippen molar-refractivity contribution in [2.45, 2.75) is 13.0 Å². The molecule has 0 aliphatic heterocycles. The summed E-state index contributed by atoms with van der Waals surface area (Å²) in [5.74, 6) is 0.888. The number of nitrogens with zero attached hydrogens (tertiary/aromatic N) is 5. The third-order valence-electron chi connectivity index (χ3n) is 2.82. The van der Waals surface area contributed by atoms with Crippen LogP contribution in [0, 0.1) is 0 Å². The van der Waals surface area contributed by atoms with Gasteiger partial charge in [-0.2, -0.15) is 15.0 Å². The van der Waals surface area contributed by atoms with E-state index < -0.39 is 0 Å².